The Bertz CT molecular complexity index is 173. The number of hydrogen-bond acceptors (Lipinski definition) is 6. The molecule has 0 rings (SSSR count). The first-order chi connectivity index (χ1) is 6.51. The zero-order valence-corrected chi connectivity index (χ0v) is 7.96. The van der Waals surface area contributed by atoms with E-state index < -0.39 is 24.4 Å². The molecule has 0 radical (unpaired) electrons. The van der Waals surface area contributed by atoms with Gasteiger partial charge in [0.2, 0.25) is 0 Å². The monoisotopic (exact) mass is 208 g/mol. The van der Waals surface area contributed by atoms with Crippen molar-refractivity contribution < 1.29 is 30.0 Å². The van der Waals surface area contributed by atoms with Crippen molar-refractivity contribution in [2.24, 2.45) is 0 Å². The molecule has 0 aromatic carbocycles. The van der Waals surface area contributed by atoms with E-state index in [4.69, 9.17) is 10.2 Å². The third kappa shape index (κ3) is 3.32. The molecule has 4 N–H and O–H groups in total. The Kier molecular flexibility index (Phi) is 5.82. The number of carbonyl (C=O) groups excluding carboxylic acids is 1. The second-order valence-electron chi connectivity index (χ2n) is 3.05. The summed E-state index contributed by atoms with van der Waals surface area (Å²) in [4.78, 5) is 10.5. The third-order valence-corrected chi connectivity index (χ3v) is 1.97. The summed E-state index contributed by atoms with van der Waals surface area (Å²) in [6.07, 6.45) is -3.29. The number of ether oxygens (including phenoxy) is 1. The number of rotatable bonds is 7. The highest BCUT2D eigenvalue weighted by atomic mass is 16.5. The second-order valence-corrected chi connectivity index (χ2v) is 3.05. The van der Waals surface area contributed by atoms with Gasteiger partial charge in [0, 0.05) is 20.1 Å². The summed E-state index contributed by atoms with van der Waals surface area (Å²) in [6.45, 7) is -0.672. The van der Waals surface area contributed by atoms with Crippen LogP contribution in [0.1, 0.15) is 6.42 Å². The maximum absolute atomic E-state index is 10.5. The quantitative estimate of drug-likeness (QED) is 0.349. The van der Waals surface area contributed by atoms with Gasteiger partial charge in [0.15, 0.2) is 11.9 Å². The number of aliphatic hydroxyl groups excluding tert-OH is 3. The van der Waals surface area contributed by atoms with Crippen molar-refractivity contribution in [2.45, 2.75) is 24.2 Å². The fraction of sp³-hybridized carbons (Fsp3) is 0.875. The molecule has 0 spiro atoms. The summed E-state index contributed by atoms with van der Waals surface area (Å²) in [6, 6.07) is 0. The Morgan fingerprint density at radius 1 is 1.50 bits per heavy atom. The van der Waals surface area contributed by atoms with Crippen molar-refractivity contribution in [3.63, 3.8) is 0 Å². The molecule has 0 aliphatic heterocycles. The van der Waals surface area contributed by atoms with Gasteiger partial charge >= 0.3 is 0 Å². The van der Waals surface area contributed by atoms with Crippen molar-refractivity contribution >= 4 is 6.29 Å². The van der Waals surface area contributed by atoms with Gasteiger partial charge in [0.25, 0.3) is 0 Å². The Morgan fingerprint density at radius 3 is 2.43 bits per heavy atom. The van der Waals surface area contributed by atoms with E-state index in [0.717, 1.165) is 0 Å². The van der Waals surface area contributed by atoms with Gasteiger partial charge in [0.1, 0.15) is 12.2 Å². The van der Waals surface area contributed by atoms with Crippen LogP contribution in [-0.4, -0.2) is 64.8 Å². The number of hydrogen-bond donors (Lipinski definition) is 4. The first-order valence-corrected chi connectivity index (χ1v) is 4.16. The molecule has 0 fully saturated rings. The minimum atomic E-state index is -2.09. The molecule has 14 heavy (non-hydrogen) atoms. The lowest BCUT2D eigenvalue weighted by Crippen LogP contribution is -2.52. The minimum absolute atomic E-state index is 0.0600. The summed E-state index contributed by atoms with van der Waals surface area (Å²) in [5.41, 5.74) is -2.09. The average molecular weight is 208 g/mol. The van der Waals surface area contributed by atoms with E-state index in [1.165, 1.54) is 7.11 Å². The van der Waals surface area contributed by atoms with E-state index in [2.05, 4.69) is 4.74 Å². The van der Waals surface area contributed by atoms with E-state index in [9.17, 15) is 15.0 Å². The lowest BCUT2D eigenvalue weighted by atomic mass is 9.91. The van der Waals surface area contributed by atoms with Gasteiger partial charge in [-0.2, -0.15) is 0 Å². The minimum Gasteiger partial charge on any atom is -0.394 e. The molecule has 6 nitrogen and oxygen atoms in total. The maximum atomic E-state index is 10.5. The Hall–Kier alpha value is -0.530. The summed E-state index contributed by atoms with van der Waals surface area (Å²) < 4.78 is 4.63. The van der Waals surface area contributed by atoms with Gasteiger partial charge in [-0.15, -0.1) is 0 Å². The smallest absolute Gasteiger partial charge is 0.154 e. The van der Waals surface area contributed by atoms with Gasteiger partial charge in [-0.1, -0.05) is 0 Å². The number of aliphatic hydroxyl groups is 4. The van der Waals surface area contributed by atoms with E-state index in [0.29, 0.717) is 0 Å². The van der Waals surface area contributed by atoms with Crippen LogP contribution in [0.25, 0.3) is 0 Å². The summed E-state index contributed by atoms with van der Waals surface area (Å²) in [7, 11) is 1.38. The van der Waals surface area contributed by atoms with Crippen LogP contribution >= 0.6 is 0 Å². The molecule has 6 heteroatoms. The third-order valence-electron chi connectivity index (χ3n) is 1.97. The van der Waals surface area contributed by atoms with Gasteiger partial charge in [-0.3, -0.25) is 0 Å². The summed E-state index contributed by atoms with van der Waals surface area (Å²) in [5.74, 6) is 0. The molecule has 0 heterocycles. The fourth-order valence-electron chi connectivity index (χ4n) is 0.975. The first-order valence-electron chi connectivity index (χ1n) is 4.16. The highest BCUT2D eigenvalue weighted by Gasteiger charge is 2.39. The Balaban J connectivity index is 4.41. The predicted octanol–water partition coefficient (Wildman–Crippen LogP) is -2.33. The second kappa shape index (κ2) is 6.05. The summed E-state index contributed by atoms with van der Waals surface area (Å²) >= 11 is 0. The molecule has 0 aromatic rings. The predicted molar refractivity (Wildman–Crippen MR) is 46.6 cm³/mol. The molecule has 0 aromatic heterocycles. The van der Waals surface area contributed by atoms with E-state index in [1.54, 1.807) is 0 Å². The number of aldehydes is 1. The van der Waals surface area contributed by atoms with Gasteiger partial charge in [0.05, 0.1) is 6.61 Å². The molecule has 0 saturated carbocycles. The van der Waals surface area contributed by atoms with Gasteiger partial charge in [-0.05, 0) is 0 Å². The van der Waals surface area contributed by atoms with Crippen molar-refractivity contribution in [1.82, 2.24) is 0 Å². The number of methoxy groups -OCH3 is 1. The highest BCUT2D eigenvalue weighted by molar-refractivity contribution is 5.63. The van der Waals surface area contributed by atoms with Crippen LogP contribution in [0.5, 0.6) is 0 Å². The van der Waals surface area contributed by atoms with Crippen LogP contribution in [0.15, 0.2) is 0 Å². The van der Waals surface area contributed by atoms with E-state index in [-0.39, 0.29) is 19.3 Å². The molecular formula is C8H16O6. The van der Waals surface area contributed by atoms with Gasteiger partial charge in [-0.25, -0.2) is 0 Å². The van der Waals surface area contributed by atoms with Crippen molar-refractivity contribution in [2.75, 3.05) is 20.3 Å². The Morgan fingerprint density at radius 2 is 2.07 bits per heavy atom. The van der Waals surface area contributed by atoms with Crippen LogP contribution < -0.4 is 0 Å². The maximum Gasteiger partial charge on any atom is 0.154 e. The molecule has 84 valence electrons. The fourth-order valence-corrected chi connectivity index (χ4v) is 0.975. The normalized spacial score (nSPS) is 19.8. The molecule has 0 bridgehead atoms. The zero-order chi connectivity index (χ0) is 11.2. The Labute approximate surface area is 81.7 Å². The highest BCUT2D eigenvalue weighted by Crippen LogP contribution is 2.16. The van der Waals surface area contributed by atoms with Gasteiger partial charge < -0.3 is 30.0 Å². The zero-order valence-electron chi connectivity index (χ0n) is 7.96. The molecule has 3 atom stereocenters. The SMILES string of the molecule is COCC[C@](O)(C=O)[C@H](O)[C@H](O)CO. The molecule has 0 aliphatic carbocycles. The molecule has 0 unspecified atom stereocenters. The van der Waals surface area contributed by atoms with E-state index >= 15 is 0 Å². The molecule has 0 aliphatic rings. The van der Waals surface area contributed by atoms with E-state index in [1.807, 2.05) is 0 Å². The standard InChI is InChI=1S/C8H16O6/c1-14-3-2-8(13,5-10)7(12)6(11)4-9/h5-7,9,11-13H,2-4H2,1H3/t6-,7-,8+/m1/s1. The number of carbonyl (C=O) groups is 1. The molecule has 0 amide bonds. The first kappa shape index (κ1) is 13.5. The van der Waals surface area contributed by atoms with Crippen molar-refractivity contribution in [1.29, 1.82) is 0 Å². The van der Waals surface area contributed by atoms with Crippen molar-refractivity contribution in [3.05, 3.63) is 0 Å². The average Bonchev–Trinajstić information content (AvgIpc) is 2.23. The lowest BCUT2D eigenvalue weighted by Gasteiger charge is -2.29. The van der Waals surface area contributed by atoms with Crippen LogP contribution in [0.4, 0.5) is 0 Å². The topological polar surface area (TPSA) is 107 Å². The largest absolute Gasteiger partial charge is 0.394 e. The molecule has 0 saturated heterocycles. The summed E-state index contributed by atoms with van der Waals surface area (Å²) in [5, 5.41) is 36.4. The van der Waals surface area contributed by atoms with Crippen LogP contribution in [-0.2, 0) is 9.53 Å². The molecular weight excluding hydrogens is 192 g/mol. The lowest BCUT2D eigenvalue weighted by molar-refractivity contribution is -0.157. The van der Waals surface area contributed by atoms with Crippen LogP contribution in [0.2, 0.25) is 0 Å². The van der Waals surface area contributed by atoms with Crippen molar-refractivity contribution in [3.8, 4) is 0 Å². The van der Waals surface area contributed by atoms with Crippen LogP contribution in [0.3, 0.4) is 0 Å². The van der Waals surface area contributed by atoms with Crippen LogP contribution in [0, 0.1) is 0 Å².